The highest BCUT2D eigenvalue weighted by molar-refractivity contribution is 5.54. The van der Waals surface area contributed by atoms with Crippen LogP contribution in [0.3, 0.4) is 0 Å². The number of benzene rings is 1. The van der Waals surface area contributed by atoms with Crippen LogP contribution in [0.25, 0.3) is 6.08 Å². The van der Waals surface area contributed by atoms with E-state index in [1.54, 1.807) is 0 Å². The van der Waals surface area contributed by atoms with Crippen molar-refractivity contribution < 1.29 is 0 Å². The minimum absolute atomic E-state index is 0.713. The van der Waals surface area contributed by atoms with Crippen molar-refractivity contribution in [1.82, 2.24) is 0 Å². The van der Waals surface area contributed by atoms with Gasteiger partial charge >= 0.3 is 0 Å². The van der Waals surface area contributed by atoms with Crippen LogP contribution in [0.2, 0.25) is 0 Å². The molecule has 66 valence electrons. The quantitative estimate of drug-likeness (QED) is 0.611. The molecule has 0 aliphatic carbocycles. The summed E-state index contributed by atoms with van der Waals surface area (Å²) in [5, 5.41) is 0. The maximum atomic E-state index is 5.28. The van der Waals surface area contributed by atoms with E-state index in [0.29, 0.717) is 6.42 Å². The fourth-order valence-electron chi connectivity index (χ4n) is 1.21. The molecule has 0 aliphatic rings. The Balaban J connectivity index is 2.92. The molecule has 0 radical (unpaired) electrons. The highest BCUT2D eigenvalue weighted by atomic mass is 14.0. The molecule has 0 aliphatic heterocycles. The highest BCUT2D eigenvalue weighted by Gasteiger charge is 1.94. The van der Waals surface area contributed by atoms with Crippen LogP contribution in [-0.2, 0) is 6.42 Å². The van der Waals surface area contributed by atoms with Gasteiger partial charge in [-0.2, -0.15) is 0 Å². The van der Waals surface area contributed by atoms with Crippen LogP contribution in [0.15, 0.2) is 30.3 Å². The molecule has 0 nitrogen and oxygen atoms in total. The fourth-order valence-corrected chi connectivity index (χ4v) is 1.21. The molecule has 0 saturated carbocycles. The molecule has 1 aromatic rings. The zero-order valence-corrected chi connectivity index (χ0v) is 7.96. The number of allylic oxidation sites excluding steroid dienone is 1. The van der Waals surface area contributed by atoms with Gasteiger partial charge in [0.2, 0.25) is 0 Å². The molecule has 0 fully saturated rings. The zero-order valence-electron chi connectivity index (χ0n) is 7.96. The third kappa shape index (κ3) is 2.80. The minimum atomic E-state index is 0.713. The average molecular weight is 170 g/mol. The Morgan fingerprint density at radius 2 is 2.15 bits per heavy atom. The van der Waals surface area contributed by atoms with E-state index >= 15 is 0 Å². The first-order chi connectivity index (χ1) is 6.38. The molecule has 1 aromatic carbocycles. The van der Waals surface area contributed by atoms with Crippen LogP contribution in [0.5, 0.6) is 0 Å². The first kappa shape index (κ1) is 9.61. The van der Waals surface area contributed by atoms with Crippen LogP contribution in [0.4, 0.5) is 0 Å². The number of terminal acetylenes is 1. The van der Waals surface area contributed by atoms with Crippen molar-refractivity contribution >= 4 is 6.08 Å². The summed E-state index contributed by atoms with van der Waals surface area (Å²) in [4.78, 5) is 0. The van der Waals surface area contributed by atoms with Gasteiger partial charge in [-0.3, -0.25) is 0 Å². The minimum Gasteiger partial charge on any atom is -0.120 e. The third-order valence-electron chi connectivity index (χ3n) is 1.88. The lowest BCUT2D eigenvalue weighted by Crippen LogP contribution is -1.85. The summed E-state index contributed by atoms with van der Waals surface area (Å²) < 4.78 is 0. The van der Waals surface area contributed by atoms with E-state index in [-0.39, 0.29) is 0 Å². The molecule has 0 N–H and O–H groups in total. The Morgan fingerprint density at radius 1 is 1.38 bits per heavy atom. The van der Waals surface area contributed by atoms with Gasteiger partial charge < -0.3 is 0 Å². The van der Waals surface area contributed by atoms with Crippen LogP contribution >= 0.6 is 0 Å². The van der Waals surface area contributed by atoms with E-state index in [2.05, 4.69) is 37.1 Å². The predicted octanol–water partition coefficient (Wildman–Crippen LogP) is 3.29. The largest absolute Gasteiger partial charge is 0.120 e. The van der Waals surface area contributed by atoms with Gasteiger partial charge in [0.25, 0.3) is 0 Å². The van der Waals surface area contributed by atoms with Gasteiger partial charge in [0.1, 0.15) is 0 Å². The molecular formula is C13H14. The number of rotatable bonds is 3. The molecule has 0 heteroatoms. The summed E-state index contributed by atoms with van der Waals surface area (Å²) in [5.41, 5.74) is 2.47. The summed E-state index contributed by atoms with van der Waals surface area (Å²) in [5.74, 6) is 2.67. The first-order valence-corrected chi connectivity index (χ1v) is 4.56. The maximum Gasteiger partial charge on any atom is 0.0343 e. The van der Waals surface area contributed by atoms with Gasteiger partial charge in [0, 0.05) is 6.42 Å². The number of hydrogen-bond donors (Lipinski definition) is 0. The predicted molar refractivity (Wildman–Crippen MR) is 58.3 cm³/mol. The van der Waals surface area contributed by atoms with Crippen LogP contribution in [-0.4, -0.2) is 0 Å². The van der Waals surface area contributed by atoms with E-state index in [1.165, 1.54) is 11.1 Å². The fraction of sp³-hybridized carbons (Fsp3) is 0.231. The van der Waals surface area contributed by atoms with Crippen LogP contribution in [0, 0.1) is 12.3 Å². The summed E-state index contributed by atoms with van der Waals surface area (Å²) in [6, 6.07) is 8.24. The highest BCUT2D eigenvalue weighted by Crippen LogP contribution is 2.11. The Bertz CT molecular complexity index is 326. The summed E-state index contributed by atoms with van der Waals surface area (Å²) in [7, 11) is 0. The molecule has 0 amide bonds. The van der Waals surface area contributed by atoms with Gasteiger partial charge in [-0.05, 0) is 17.5 Å². The molecule has 0 bridgehead atoms. The molecule has 0 atom stereocenters. The van der Waals surface area contributed by atoms with Crippen molar-refractivity contribution in [2.24, 2.45) is 0 Å². The Hall–Kier alpha value is -1.48. The molecular weight excluding hydrogens is 156 g/mol. The monoisotopic (exact) mass is 170 g/mol. The second-order valence-corrected chi connectivity index (χ2v) is 2.89. The lowest BCUT2D eigenvalue weighted by molar-refractivity contribution is 1.23. The van der Waals surface area contributed by atoms with E-state index in [0.717, 1.165) is 6.42 Å². The van der Waals surface area contributed by atoms with Gasteiger partial charge in [-0.25, -0.2) is 0 Å². The van der Waals surface area contributed by atoms with E-state index in [1.807, 2.05) is 12.1 Å². The molecule has 0 aromatic heterocycles. The molecule has 0 unspecified atom stereocenters. The Kier molecular flexibility index (Phi) is 3.85. The lowest BCUT2D eigenvalue weighted by Gasteiger charge is -2.00. The zero-order chi connectivity index (χ0) is 9.52. The van der Waals surface area contributed by atoms with E-state index in [9.17, 15) is 0 Å². The van der Waals surface area contributed by atoms with E-state index in [4.69, 9.17) is 6.42 Å². The second kappa shape index (κ2) is 5.22. The summed E-state index contributed by atoms with van der Waals surface area (Å²) in [6.07, 6.45) is 11.3. The van der Waals surface area contributed by atoms with Gasteiger partial charge in [0.15, 0.2) is 0 Å². The van der Waals surface area contributed by atoms with Crippen molar-refractivity contribution in [3.05, 3.63) is 41.5 Å². The SMILES string of the molecule is C#CCc1ccccc1/C=C\CC. The lowest BCUT2D eigenvalue weighted by atomic mass is 10.0. The van der Waals surface area contributed by atoms with Crippen molar-refractivity contribution in [2.75, 3.05) is 0 Å². The molecule has 0 saturated heterocycles. The Morgan fingerprint density at radius 3 is 2.85 bits per heavy atom. The van der Waals surface area contributed by atoms with Crippen molar-refractivity contribution in [3.8, 4) is 12.3 Å². The standard InChI is InChI=1S/C13H14/c1-3-5-9-13-11-7-6-10-12(13)8-4-2/h2,5-7,9-11H,3,8H2,1H3/b9-5-. The summed E-state index contributed by atoms with van der Waals surface area (Å²) in [6.45, 7) is 2.13. The first-order valence-electron chi connectivity index (χ1n) is 4.56. The second-order valence-electron chi connectivity index (χ2n) is 2.89. The normalized spacial score (nSPS) is 10.2. The topological polar surface area (TPSA) is 0 Å². The molecule has 0 heterocycles. The molecule has 1 rings (SSSR count). The molecule has 13 heavy (non-hydrogen) atoms. The van der Waals surface area contributed by atoms with Gasteiger partial charge in [-0.1, -0.05) is 43.3 Å². The Labute approximate surface area is 80.3 Å². The number of hydrogen-bond acceptors (Lipinski definition) is 0. The average Bonchev–Trinajstić information content (AvgIpc) is 2.17. The van der Waals surface area contributed by atoms with Crippen molar-refractivity contribution in [2.45, 2.75) is 19.8 Å². The van der Waals surface area contributed by atoms with Gasteiger partial charge in [0.05, 0.1) is 0 Å². The van der Waals surface area contributed by atoms with E-state index < -0.39 is 0 Å². The van der Waals surface area contributed by atoms with Crippen LogP contribution < -0.4 is 0 Å². The van der Waals surface area contributed by atoms with Crippen molar-refractivity contribution in [1.29, 1.82) is 0 Å². The maximum absolute atomic E-state index is 5.28. The third-order valence-corrected chi connectivity index (χ3v) is 1.88. The van der Waals surface area contributed by atoms with Gasteiger partial charge in [-0.15, -0.1) is 12.3 Å². The molecule has 0 spiro atoms. The van der Waals surface area contributed by atoms with Crippen LogP contribution in [0.1, 0.15) is 24.5 Å². The summed E-state index contributed by atoms with van der Waals surface area (Å²) >= 11 is 0. The smallest absolute Gasteiger partial charge is 0.0343 e. The van der Waals surface area contributed by atoms with Crippen molar-refractivity contribution in [3.63, 3.8) is 0 Å².